The second-order valence-corrected chi connectivity index (χ2v) is 9.45. The number of nitrogens with one attached hydrogen (secondary N) is 1. The van der Waals surface area contributed by atoms with Crippen molar-refractivity contribution >= 4 is 27.5 Å². The van der Waals surface area contributed by atoms with Crippen LogP contribution < -0.4 is 15.6 Å². The molecule has 1 atom stereocenters. The van der Waals surface area contributed by atoms with Gasteiger partial charge < -0.3 is 10.1 Å². The minimum absolute atomic E-state index is 0.0193. The molecule has 1 aliphatic heterocycles. The first-order valence-electron chi connectivity index (χ1n) is 9.74. The largest absolute Gasteiger partial charge is 0.438 e. The lowest BCUT2D eigenvalue weighted by Gasteiger charge is -2.12. The van der Waals surface area contributed by atoms with Gasteiger partial charge in [0.05, 0.1) is 11.5 Å². The molecule has 0 spiro atoms. The number of nitrogens with zero attached hydrogens (tertiary/aromatic N) is 3. The number of ether oxygens (including phenoxy) is 1. The number of nitriles is 1. The number of carbonyl (C=O) groups is 1. The lowest BCUT2D eigenvalue weighted by Crippen LogP contribution is -2.36. The molecule has 3 aromatic rings. The molecule has 9 nitrogen and oxygen atoms in total. The van der Waals surface area contributed by atoms with Gasteiger partial charge in [0.25, 0.3) is 11.5 Å². The monoisotopic (exact) mass is 450 g/mol. The third kappa shape index (κ3) is 4.53. The van der Waals surface area contributed by atoms with Crippen molar-refractivity contribution < 1.29 is 17.9 Å². The smallest absolute Gasteiger partial charge is 0.269 e. The summed E-state index contributed by atoms with van der Waals surface area (Å²) in [5, 5.41) is 12.1. The number of aromatic nitrogens is 2. The number of para-hydroxylation sites is 1. The molecule has 1 fully saturated rings. The highest BCUT2D eigenvalue weighted by Crippen LogP contribution is 2.24. The predicted octanol–water partition coefficient (Wildman–Crippen LogP) is 1.70. The molecule has 3 heterocycles. The van der Waals surface area contributed by atoms with Gasteiger partial charge >= 0.3 is 0 Å². The number of pyridine rings is 1. The van der Waals surface area contributed by atoms with E-state index in [1.165, 1.54) is 10.6 Å². The number of hydrogen-bond acceptors (Lipinski definition) is 7. The molecule has 0 bridgehead atoms. The molecule has 10 heteroatoms. The Kier molecular flexibility index (Phi) is 5.75. The minimum atomic E-state index is -3.21. The van der Waals surface area contributed by atoms with Gasteiger partial charge in [0, 0.05) is 12.2 Å². The van der Waals surface area contributed by atoms with Crippen LogP contribution in [-0.2, 0) is 14.6 Å². The van der Waals surface area contributed by atoms with Gasteiger partial charge in [0.1, 0.15) is 28.6 Å². The van der Waals surface area contributed by atoms with E-state index in [4.69, 9.17) is 4.74 Å². The molecule has 1 amide bonds. The van der Waals surface area contributed by atoms with Crippen molar-refractivity contribution in [2.24, 2.45) is 0 Å². The molecule has 162 valence electrons. The summed E-state index contributed by atoms with van der Waals surface area (Å²) in [6.45, 7) is 0. The first-order chi connectivity index (χ1) is 15.4. The summed E-state index contributed by atoms with van der Waals surface area (Å²) < 4.78 is 30.4. The van der Waals surface area contributed by atoms with Gasteiger partial charge in [0.2, 0.25) is 5.88 Å². The molecular formula is C22H18N4O5S. The van der Waals surface area contributed by atoms with E-state index in [1.807, 2.05) is 0 Å². The molecule has 2 aromatic heterocycles. The standard InChI is InChI=1S/C22H18N4O5S/c23-13-15(20(27)24-16-9-11-32(29,30)14-16)12-18-21(31-17-6-2-1-3-7-17)25-19-8-4-5-10-26(19)22(18)28/h1-8,10,12,16H,9,11,14H2,(H,24,27). The van der Waals surface area contributed by atoms with Crippen LogP contribution in [0, 0.1) is 11.3 Å². The van der Waals surface area contributed by atoms with Crippen molar-refractivity contribution in [2.45, 2.75) is 12.5 Å². The fourth-order valence-corrected chi connectivity index (χ4v) is 5.02. The number of hydrogen-bond donors (Lipinski definition) is 1. The van der Waals surface area contributed by atoms with Crippen molar-refractivity contribution in [1.82, 2.24) is 14.7 Å². The van der Waals surface area contributed by atoms with Crippen molar-refractivity contribution in [3.05, 3.63) is 76.2 Å². The van der Waals surface area contributed by atoms with Gasteiger partial charge in [-0.15, -0.1) is 0 Å². The Labute approximate surface area is 183 Å². The molecule has 1 saturated heterocycles. The van der Waals surface area contributed by atoms with E-state index in [0.717, 1.165) is 6.08 Å². The van der Waals surface area contributed by atoms with E-state index >= 15 is 0 Å². The maximum Gasteiger partial charge on any atom is 0.269 e. The van der Waals surface area contributed by atoms with Crippen LogP contribution in [0.1, 0.15) is 12.0 Å². The van der Waals surface area contributed by atoms with Crippen molar-refractivity contribution in [3.8, 4) is 17.7 Å². The topological polar surface area (TPSA) is 131 Å². The van der Waals surface area contributed by atoms with Gasteiger partial charge in [-0.2, -0.15) is 10.2 Å². The lowest BCUT2D eigenvalue weighted by molar-refractivity contribution is -0.117. The lowest BCUT2D eigenvalue weighted by atomic mass is 10.1. The average Bonchev–Trinajstić information content (AvgIpc) is 3.12. The number of amides is 1. The fourth-order valence-electron chi connectivity index (χ4n) is 3.35. The van der Waals surface area contributed by atoms with Gasteiger partial charge in [0.15, 0.2) is 9.84 Å². The molecule has 1 aromatic carbocycles. The number of benzene rings is 1. The maximum atomic E-state index is 13.1. The number of fused-ring (bicyclic) bond motifs is 1. The molecule has 0 saturated carbocycles. The molecule has 1 unspecified atom stereocenters. The highest BCUT2D eigenvalue weighted by Gasteiger charge is 2.29. The van der Waals surface area contributed by atoms with E-state index in [9.17, 15) is 23.3 Å². The van der Waals surface area contributed by atoms with Gasteiger partial charge in [-0.05, 0) is 36.8 Å². The summed E-state index contributed by atoms with van der Waals surface area (Å²) in [6.07, 6.45) is 2.91. The first kappa shape index (κ1) is 21.3. The van der Waals surface area contributed by atoms with Crippen molar-refractivity contribution in [1.29, 1.82) is 5.26 Å². The Balaban J connectivity index is 1.75. The molecule has 1 N–H and O–H groups in total. The molecular weight excluding hydrogens is 432 g/mol. The van der Waals surface area contributed by atoms with Crippen LogP contribution in [0.4, 0.5) is 0 Å². The zero-order chi connectivity index (χ0) is 22.7. The van der Waals surface area contributed by atoms with Crippen LogP contribution >= 0.6 is 0 Å². The zero-order valence-electron chi connectivity index (χ0n) is 16.8. The Morgan fingerprint density at radius 1 is 1.22 bits per heavy atom. The quantitative estimate of drug-likeness (QED) is 0.462. The molecule has 1 aliphatic rings. The Bertz CT molecular complexity index is 1420. The average molecular weight is 450 g/mol. The summed E-state index contributed by atoms with van der Waals surface area (Å²) in [4.78, 5) is 30.1. The molecule has 0 radical (unpaired) electrons. The Morgan fingerprint density at radius 3 is 2.66 bits per heavy atom. The second-order valence-electron chi connectivity index (χ2n) is 7.22. The van der Waals surface area contributed by atoms with Crippen LogP contribution in [0.15, 0.2) is 65.1 Å². The summed E-state index contributed by atoms with van der Waals surface area (Å²) in [5.41, 5.74) is -0.629. The van der Waals surface area contributed by atoms with Crippen LogP contribution in [0.3, 0.4) is 0 Å². The van der Waals surface area contributed by atoms with Crippen LogP contribution in [0.2, 0.25) is 0 Å². The first-order valence-corrected chi connectivity index (χ1v) is 11.6. The molecule has 32 heavy (non-hydrogen) atoms. The summed E-state index contributed by atoms with van der Waals surface area (Å²) in [6, 6.07) is 14.9. The zero-order valence-corrected chi connectivity index (χ0v) is 17.6. The van der Waals surface area contributed by atoms with Gasteiger partial charge in [-0.25, -0.2) is 8.42 Å². The maximum absolute atomic E-state index is 13.1. The minimum Gasteiger partial charge on any atom is -0.438 e. The van der Waals surface area contributed by atoms with Crippen molar-refractivity contribution in [2.75, 3.05) is 11.5 Å². The second kappa shape index (κ2) is 8.64. The van der Waals surface area contributed by atoms with Crippen LogP contribution in [-0.4, -0.2) is 41.3 Å². The van der Waals surface area contributed by atoms with Crippen LogP contribution in [0.25, 0.3) is 11.7 Å². The highest BCUT2D eigenvalue weighted by molar-refractivity contribution is 7.91. The predicted molar refractivity (Wildman–Crippen MR) is 117 cm³/mol. The van der Waals surface area contributed by atoms with Gasteiger partial charge in [-0.3, -0.25) is 14.0 Å². The van der Waals surface area contributed by atoms with Crippen LogP contribution in [0.5, 0.6) is 11.6 Å². The molecule has 4 rings (SSSR count). The summed E-state index contributed by atoms with van der Waals surface area (Å²) in [7, 11) is -3.21. The number of sulfone groups is 1. The van der Waals surface area contributed by atoms with Crippen molar-refractivity contribution in [3.63, 3.8) is 0 Å². The van der Waals surface area contributed by atoms with E-state index in [0.29, 0.717) is 11.4 Å². The normalized spacial score (nSPS) is 17.6. The third-order valence-electron chi connectivity index (χ3n) is 4.91. The number of rotatable bonds is 5. The third-order valence-corrected chi connectivity index (χ3v) is 6.68. The number of carbonyl (C=O) groups excluding carboxylic acids is 1. The van der Waals surface area contributed by atoms with E-state index in [1.54, 1.807) is 54.6 Å². The van der Waals surface area contributed by atoms with E-state index in [-0.39, 0.29) is 34.9 Å². The summed E-state index contributed by atoms with van der Waals surface area (Å²) in [5.74, 6) is -0.600. The van der Waals surface area contributed by atoms with E-state index in [2.05, 4.69) is 10.3 Å². The molecule has 0 aliphatic carbocycles. The fraction of sp³-hybridized carbons (Fsp3) is 0.182. The summed E-state index contributed by atoms with van der Waals surface area (Å²) >= 11 is 0. The SMILES string of the molecule is N#CC(=Cc1c(Oc2ccccc2)nc2ccccn2c1=O)C(=O)NC1CCS(=O)(=O)C1. The van der Waals surface area contributed by atoms with E-state index < -0.39 is 27.3 Å². The Morgan fingerprint density at radius 2 is 1.97 bits per heavy atom. The Hall–Kier alpha value is -3.97. The highest BCUT2D eigenvalue weighted by atomic mass is 32.2. The van der Waals surface area contributed by atoms with Gasteiger partial charge in [-0.1, -0.05) is 24.3 Å².